The summed E-state index contributed by atoms with van der Waals surface area (Å²) in [4.78, 5) is 27.6. The number of hydrogen-bond acceptors (Lipinski definition) is 4. The number of piperazine rings is 1. The van der Waals surface area contributed by atoms with Gasteiger partial charge in [-0.3, -0.25) is 9.59 Å². The zero-order valence-corrected chi connectivity index (χ0v) is 13.5. The van der Waals surface area contributed by atoms with Crippen LogP contribution in [0.3, 0.4) is 0 Å². The average molecular weight is 333 g/mol. The molecule has 3 rings (SSSR count). The van der Waals surface area contributed by atoms with Gasteiger partial charge in [-0.1, -0.05) is 17.7 Å². The van der Waals surface area contributed by atoms with Crippen LogP contribution in [0.5, 0.6) is 0 Å². The fourth-order valence-corrected chi connectivity index (χ4v) is 2.96. The van der Waals surface area contributed by atoms with Gasteiger partial charge in [-0.25, -0.2) is 5.10 Å². The van der Waals surface area contributed by atoms with Gasteiger partial charge in [-0.15, -0.1) is 0 Å². The molecule has 1 unspecified atom stereocenters. The molecule has 1 saturated heterocycles. The zero-order valence-electron chi connectivity index (χ0n) is 12.7. The molecule has 1 aliphatic rings. The Bertz CT molecular complexity index is 756. The molecule has 1 atom stereocenters. The summed E-state index contributed by atoms with van der Waals surface area (Å²) in [5.74, 6) is -0.167. The first-order chi connectivity index (χ1) is 11.0. The molecule has 0 aliphatic carbocycles. The highest BCUT2D eigenvalue weighted by molar-refractivity contribution is 6.30. The molecule has 6 nitrogen and oxygen atoms in total. The van der Waals surface area contributed by atoms with E-state index in [1.165, 1.54) is 12.1 Å². The molecule has 23 heavy (non-hydrogen) atoms. The average Bonchev–Trinajstić information content (AvgIpc) is 2.55. The predicted octanol–water partition coefficient (Wildman–Crippen LogP) is 1.77. The lowest BCUT2D eigenvalue weighted by molar-refractivity contribution is 0.0666. The van der Waals surface area contributed by atoms with Crippen molar-refractivity contribution in [2.45, 2.75) is 13.0 Å². The van der Waals surface area contributed by atoms with Crippen molar-refractivity contribution < 1.29 is 4.79 Å². The van der Waals surface area contributed by atoms with E-state index < -0.39 is 0 Å². The van der Waals surface area contributed by atoms with E-state index in [1.54, 1.807) is 4.90 Å². The van der Waals surface area contributed by atoms with Gasteiger partial charge in [0.2, 0.25) is 0 Å². The van der Waals surface area contributed by atoms with Crippen molar-refractivity contribution in [2.24, 2.45) is 0 Å². The summed E-state index contributed by atoms with van der Waals surface area (Å²) in [6, 6.07) is 10.5. The topological polar surface area (TPSA) is 69.3 Å². The van der Waals surface area contributed by atoms with Crippen LogP contribution >= 0.6 is 11.6 Å². The Morgan fingerprint density at radius 3 is 2.78 bits per heavy atom. The number of benzene rings is 1. The van der Waals surface area contributed by atoms with Gasteiger partial charge in [0.25, 0.3) is 11.5 Å². The number of H-pyrrole nitrogens is 1. The van der Waals surface area contributed by atoms with Crippen molar-refractivity contribution in [3.63, 3.8) is 0 Å². The molecule has 1 aliphatic heterocycles. The highest BCUT2D eigenvalue weighted by Gasteiger charge is 2.29. The van der Waals surface area contributed by atoms with Crippen molar-refractivity contribution >= 4 is 23.2 Å². The smallest absolute Gasteiger partial charge is 0.274 e. The number of amides is 1. The molecule has 2 aromatic rings. The summed E-state index contributed by atoms with van der Waals surface area (Å²) in [6.45, 7) is 4.03. The van der Waals surface area contributed by atoms with E-state index in [4.69, 9.17) is 11.6 Å². The van der Waals surface area contributed by atoms with Crippen molar-refractivity contribution in [3.05, 3.63) is 57.5 Å². The van der Waals surface area contributed by atoms with Gasteiger partial charge < -0.3 is 9.80 Å². The number of nitrogens with one attached hydrogen (secondary N) is 1. The predicted molar refractivity (Wildman–Crippen MR) is 89.0 cm³/mol. The third-order valence-corrected chi connectivity index (χ3v) is 4.20. The monoisotopic (exact) mass is 332 g/mol. The Morgan fingerprint density at radius 2 is 2.13 bits per heavy atom. The Hall–Kier alpha value is -2.34. The van der Waals surface area contributed by atoms with E-state index in [-0.39, 0.29) is 23.2 Å². The first kappa shape index (κ1) is 15.6. The molecule has 0 spiro atoms. The molecule has 0 saturated carbocycles. The minimum atomic E-state index is -0.319. The van der Waals surface area contributed by atoms with Gasteiger partial charge in [0, 0.05) is 42.5 Å². The lowest BCUT2D eigenvalue weighted by atomic mass is 10.1. The first-order valence-electron chi connectivity index (χ1n) is 7.42. The van der Waals surface area contributed by atoms with Crippen LogP contribution < -0.4 is 10.5 Å². The molecule has 0 radical (unpaired) electrons. The van der Waals surface area contributed by atoms with Crippen LogP contribution in [0.25, 0.3) is 0 Å². The number of anilines is 1. The molecule has 0 bridgehead atoms. The minimum absolute atomic E-state index is 0.0314. The van der Waals surface area contributed by atoms with E-state index in [9.17, 15) is 9.59 Å². The Kier molecular flexibility index (Phi) is 4.34. The number of aromatic amines is 1. The van der Waals surface area contributed by atoms with Crippen LogP contribution in [-0.4, -0.2) is 46.7 Å². The summed E-state index contributed by atoms with van der Waals surface area (Å²) in [5.41, 5.74) is 0.992. The molecule has 1 aromatic heterocycles. The number of hydrogen-bond donors (Lipinski definition) is 1. The molecule has 1 fully saturated rings. The molecule has 120 valence electrons. The molecule has 1 aromatic carbocycles. The number of aromatic nitrogens is 2. The van der Waals surface area contributed by atoms with Crippen LogP contribution in [0.1, 0.15) is 17.4 Å². The molecule has 1 amide bonds. The molecular formula is C16H17ClN4O2. The Labute approximate surface area is 138 Å². The third-order valence-electron chi connectivity index (χ3n) is 3.96. The van der Waals surface area contributed by atoms with Crippen LogP contribution in [0.15, 0.2) is 41.2 Å². The summed E-state index contributed by atoms with van der Waals surface area (Å²) >= 11 is 6.04. The van der Waals surface area contributed by atoms with Gasteiger partial charge in [-0.2, -0.15) is 5.10 Å². The minimum Gasteiger partial charge on any atom is -0.368 e. The summed E-state index contributed by atoms with van der Waals surface area (Å²) in [7, 11) is 0. The number of nitrogens with zero attached hydrogens (tertiary/aromatic N) is 3. The van der Waals surface area contributed by atoms with E-state index in [0.29, 0.717) is 11.6 Å². The second-order valence-corrected chi connectivity index (χ2v) is 6.02. The first-order valence-corrected chi connectivity index (χ1v) is 7.79. The number of halogens is 1. The highest BCUT2D eigenvalue weighted by atomic mass is 35.5. The maximum absolute atomic E-state index is 12.5. The van der Waals surface area contributed by atoms with Crippen LogP contribution in [0, 0.1) is 0 Å². The van der Waals surface area contributed by atoms with E-state index in [0.717, 1.165) is 18.8 Å². The van der Waals surface area contributed by atoms with E-state index in [1.807, 2.05) is 31.2 Å². The largest absolute Gasteiger partial charge is 0.368 e. The standard InChI is InChI=1S/C16H17ClN4O2/c1-11-10-20(13-4-2-3-12(17)9-13)7-8-21(11)16(23)14-5-6-15(22)19-18-14/h2-6,9,11H,7-8,10H2,1H3,(H,19,22). The fourth-order valence-electron chi connectivity index (χ4n) is 2.78. The Morgan fingerprint density at radius 1 is 1.30 bits per heavy atom. The molecule has 7 heteroatoms. The quantitative estimate of drug-likeness (QED) is 0.910. The van der Waals surface area contributed by atoms with Crippen molar-refractivity contribution in [1.82, 2.24) is 15.1 Å². The van der Waals surface area contributed by atoms with Gasteiger partial charge in [0.15, 0.2) is 0 Å². The van der Waals surface area contributed by atoms with E-state index >= 15 is 0 Å². The van der Waals surface area contributed by atoms with Crippen molar-refractivity contribution in [1.29, 1.82) is 0 Å². The SMILES string of the molecule is CC1CN(c2cccc(Cl)c2)CCN1C(=O)c1ccc(=O)[nH]n1. The van der Waals surface area contributed by atoms with Gasteiger partial charge in [0.05, 0.1) is 0 Å². The van der Waals surface area contributed by atoms with Crippen LogP contribution in [0.4, 0.5) is 5.69 Å². The third kappa shape index (κ3) is 3.37. The summed E-state index contributed by atoms with van der Waals surface area (Å²) < 4.78 is 0. The van der Waals surface area contributed by atoms with Gasteiger partial charge in [0.1, 0.15) is 5.69 Å². The second kappa shape index (κ2) is 6.42. The number of carbonyl (C=O) groups excluding carboxylic acids is 1. The maximum atomic E-state index is 12.5. The van der Waals surface area contributed by atoms with Crippen molar-refractivity contribution in [2.75, 3.05) is 24.5 Å². The normalized spacial score (nSPS) is 18.1. The lowest BCUT2D eigenvalue weighted by Gasteiger charge is -2.40. The van der Waals surface area contributed by atoms with Gasteiger partial charge >= 0.3 is 0 Å². The molecule has 2 heterocycles. The Balaban J connectivity index is 1.72. The van der Waals surface area contributed by atoms with Crippen LogP contribution in [0.2, 0.25) is 5.02 Å². The highest BCUT2D eigenvalue weighted by Crippen LogP contribution is 2.23. The fraction of sp³-hybridized carbons (Fsp3) is 0.312. The van der Waals surface area contributed by atoms with Crippen molar-refractivity contribution in [3.8, 4) is 0 Å². The van der Waals surface area contributed by atoms with Crippen LogP contribution in [-0.2, 0) is 0 Å². The summed E-state index contributed by atoms with van der Waals surface area (Å²) in [6.07, 6.45) is 0. The summed E-state index contributed by atoms with van der Waals surface area (Å²) in [5, 5.41) is 6.81. The van der Waals surface area contributed by atoms with Gasteiger partial charge in [-0.05, 0) is 31.2 Å². The second-order valence-electron chi connectivity index (χ2n) is 5.58. The lowest BCUT2D eigenvalue weighted by Crippen LogP contribution is -2.54. The maximum Gasteiger partial charge on any atom is 0.274 e. The number of carbonyl (C=O) groups is 1. The van der Waals surface area contributed by atoms with E-state index in [2.05, 4.69) is 15.1 Å². The zero-order chi connectivity index (χ0) is 16.4. The molecule has 1 N–H and O–H groups in total. The number of rotatable bonds is 2. The molecular weight excluding hydrogens is 316 g/mol.